The first kappa shape index (κ1) is 18.2. The molecule has 7 heteroatoms. The molecule has 7 nitrogen and oxygen atoms in total. The van der Waals surface area contributed by atoms with Crippen molar-refractivity contribution in [1.29, 1.82) is 0 Å². The van der Waals surface area contributed by atoms with Crippen molar-refractivity contribution >= 4 is 17.7 Å². The number of fused-ring (bicyclic) bond motifs is 3. The Bertz CT molecular complexity index is 790. The van der Waals surface area contributed by atoms with Crippen LogP contribution in [0.4, 0.5) is 0 Å². The summed E-state index contributed by atoms with van der Waals surface area (Å²) in [5.41, 5.74) is 11.4. The van der Waals surface area contributed by atoms with Crippen LogP contribution in [-0.2, 0) is 19.1 Å². The van der Waals surface area contributed by atoms with Gasteiger partial charge in [0.25, 0.3) is 0 Å². The monoisotopic (exact) mass is 374 g/mol. The molecular weight excluding hydrogens is 348 g/mol. The molecule has 1 aromatic rings. The summed E-state index contributed by atoms with van der Waals surface area (Å²) in [5, 5.41) is 0. The van der Waals surface area contributed by atoms with Crippen LogP contribution in [-0.4, -0.2) is 23.7 Å². The quantitative estimate of drug-likeness (QED) is 0.759. The highest BCUT2D eigenvalue weighted by Gasteiger charge is 2.66. The average molecular weight is 374 g/mol. The number of hydrogen-bond acceptors (Lipinski definition) is 6. The minimum absolute atomic E-state index is 0.0668. The molecule has 1 amide bonds. The first-order valence-corrected chi connectivity index (χ1v) is 9.49. The number of furan rings is 1. The first-order chi connectivity index (χ1) is 12.7. The second kappa shape index (κ2) is 5.92. The number of amides is 1. The Labute approximate surface area is 157 Å². The van der Waals surface area contributed by atoms with Crippen molar-refractivity contribution in [3.63, 3.8) is 0 Å². The number of carbonyl (C=O) groups excluding carboxylic acids is 3. The molecule has 2 aliphatic carbocycles. The van der Waals surface area contributed by atoms with Gasteiger partial charge in [0, 0.05) is 17.4 Å². The van der Waals surface area contributed by atoms with Crippen LogP contribution in [0.25, 0.3) is 0 Å². The van der Waals surface area contributed by atoms with Gasteiger partial charge < -0.3 is 20.6 Å². The molecule has 0 unspecified atom stereocenters. The molecule has 4 N–H and O–H groups in total. The molecule has 2 heterocycles. The number of nitrogens with two attached hydrogens (primary N) is 2. The lowest BCUT2D eigenvalue weighted by molar-refractivity contribution is -0.200. The zero-order valence-corrected chi connectivity index (χ0v) is 15.6. The van der Waals surface area contributed by atoms with Gasteiger partial charge in [0.15, 0.2) is 5.78 Å². The molecule has 2 saturated carbocycles. The number of rotatable bonds is 2. The molecule has 0 radical (unpaired) electrons. The van der Waals surface area contributed by atoms with E-state index in [4.69, 9.17) is 20.6 Å². The van der Waals surface area contributed by atoms with Crippen molar-refractivity contribution < 1.29 is 23.5 Å². The third kappa shape index (κ3) is 2.47. The van der Waals surface area contributed by atoms with Crippen molar-refractivity contribution in [2.24, 2.45) is 40.1 Å². The lowest BCUT2D eigenvalue weighted by Crippen LogP contribution is -2.66. The van der Waals surface area contributed by atoms with Gasteiger partial charge in [-0.25, -0.2) is 0 Å². The topological polar surface area (TPSA) is 126 Å². The second-order valence-corrected chi connectivity index (χ2v) is 8.92. The standard InChI is InChI=1S/C20H26N2O5/c1-19-5-3-11-18(25)27-14(10-4-6-26-9-10)8-20(11,2)16(19)15(23)13(21)7-12(19)17(22)24/h4,6,9,11-14,16H,3,5,7-8,21H2,1-2H3,(H2,22,24)/t11-,12-,13-,14-,16-,19-,20-/m0/s1. The number of esters is 1. The fraction of sp³-hybridized carbons (Fsp3) is 0.650. The average Bonchev–Trinajstić information content (AvgIpc) is 3.11. The number of ketones is 1. The number of Topliss-reactive ketones (excluding diaryl/α,β-unsaturated/α-hetero) is 1. The van der Waals surface area contributed by atoms with Crippen LogP contribution < -0.4 is 11.5 Å². The lowest BCUT2D eigenvalue weighted by atomic mass is 9.43. The molecule has 3 aliphatic rings. The SMILES string of the molecule is C[C@@]12CC[C@H]3C(=O)O[C@H](c4ccoc4)C[C@]3(C)[C@H]1C(=O)[C@@H](N)C[C@H]2C(N)=O. The molecule has 146 valence electrons. The Morgan fingerprint density at radius 1 is 1.26 bits per heavy atom. The van der Waals surface area contributed by atoms with Gasteiger partial charge in [-0.1, -0.05) is 13.8 Å². The van der Waals surface area contributed by atoms with Crippen molar-refractivity contribution in [2.75, 3.05) is 0 Å². The Balaban J connectivity index is 1.79. The van der Waals surface area contributed by atoms with Gasteiger partial charge in [0.1, 0.15) is 6.10 Å². The molecule has 1 saturated heterocycles. The van der Waals surface area contributed by atoms with E-state index < -0.39 is 40.7 Å². The molecule has 27 heavy (non-hydrogen) atoms. The number of cyclic esters (lactones) is 1. The van der Waals surface area contributed by atoms with E-state index >= 15 is 0 Å². The van der Waals surface area contributed by atoms with Crippen LogP contribution in [0.1, 0.15) is 51.2 Å². The maximum Gasteiger partial charge on any atom is 0.310 e. The Morgan fingerprint density at radius 2 is 2.00 bits per heavy atom. The maximum atomic E-state index is 13.2. The van der Waals surface area contributed by atoms with E-state index in [1.807, 2.05) is 13.8 Å². The van der Waals surface area contributed by atoms with E-state index in [-0.39, 0.29) is 24.1 Å². The molecule has 3 fully saturated rings. The summed E-state index contributed by atoms with van der Waals surface area (Å²) >= 11 is 0. The summed E-state index contributed by atoms with van der Waals surface area (Å²) < 4.78 is 10.8. The smallest absolute Gasteiger partial charge is 0.310 e. The fourth-order valence-electron chi connectivity index (χ4n) is 6.16. The molecule has 1 aliphatic heterocycles. The highest BCUT2D eigenvalue weighted by Crippen LogP contribution is 2.64. The number of ether oxygens (including phenoxy) is 1. The van der Waals surface area contributed by atoms with E-state index in [0.717, 1.165) is 5.56 Å². The van der Waals surface area contributed by atoms with Crippen LogP contribution in [0.2, 0.25) is 0 Å². The molecular formula is C20H26N2O5. The molecule has 0 spiro atoms. The van der Waals surface area contributed by atoms with Gasteiger partial charge in [0.05, 0.1) is 24.5 Å². The zero-order chi connectivity index (χ0) is 19.6. The highest BCUT2D eigenvalue weighted by atomic mass is 16.5. The minimum atomic E-state index is -0.735. The molecule has 7 atom stereocenters. The second-order valence-electron chi connectivity index (χ2n) is 8.92. The van der Waals surface area contributed by atoms with E-state index in [1.165, 1.54) is 6.26 Å². The summed E-state index contributed by atoms with van der Waals surface area (Å²) in [6.45, 7) is 3.94. The largest absolute Gasteiger partial charge is 0.472 e. The van der Waals surface area contributed by atoms with Crippen molar-refractivity contribution in [3.8, 4) is 0 Å². The van der Waals surface area contributed by atoms with E-state index in [0.29, 0.717) is 19.3 Å². The van der Waals surface area contributed by atoms with Gasteiger partial charge in [-0.15, -0.1) is 0 Å². The molecule has 1 aromatic heterocycles. The summed E-state index contributed by atoms with van der Waals surface area (Å²) in [5.74, 6) is -2.15. The number of hydrogen-bond donors (Lipinski definition) is 2. The predicted octanol–water partition coefficient (Wildman–Crippen LogP) is 1.71. The van der Waals surface area contributed by atoms with Gasteiger partial charge in [-0.05, 0) is 42.6 Å². The van der Waals surface area contributed by atoms with E-state index in [9.17, 15) is 14.4 Å². The van der Waals surface area contributed by atoms with Crippen LogP contribution in [0.15, 0.2) is 23.0 Å². The van der Waals surface area contributed by atoms with Crippen LogP contribution >= 0.6 is 0 Å². The normalized spacial score (nSPS) is 44.2. The third-order valence-corrected chi connectivity index (χ3v) is 7.45. The van der Waals surface area contributed by atoms with Gasteiger partial charge in [-0.2, -0.15) is 0 Å². The zero-order valence-electron chi connectivity index (χ0n) is 15.6. The van der Waals surface area contributed by atoms with Crippen molar-refractivity contribution in [2.45, 2.75) is 51.7 Å². The predicted molar refractivity (Wildman–Crippen MR) is 94.9 cm³/mol. The van der Waals surface area contributed by atoms with Crippen molar-refractivity contribution in [1.82, 2.24) is 0 Å². The highest BCUT2D eigenvalue weighted by molar-refractivity contribution is 5.93. The fourth-order valence-corrected chi connectivity index (χ4v) is 6.16. The van der Waals surface area contributed by atoms with E-state index in [1.54, 1.807) is 12.3 Å². The van der Waals surface area contributed by atoms with Crippen LogP contribution in [0, 0.1) is 28.6 Å². The first-order valence-electron chi connectivity index (χ1n) is 9.49. The Morgan fingerprint density at radius 3 is 2.63 bits per heavy atom. The summed E-state index contributed by atoms with van der Waals surface area (Å²) in [7, 11) is 0. The van der Waals surface area contributed by atoms with Gasteiger partial charge in [-0.3, -0.25) is 14.4 Å². The molecule has 4 rings (SSSR count). The van der Waals surface area contributed by atoms with Gasteiger partial charge >= 0.3 is 5.97 Å². The molecule has 0 aromatic carbocycles. The molecule has 0 bridgehead atoms. The Hall–Kier alpha value is -2.15. The minimum Gasteiger partial charge on any atom is -0.472 e. The summed E-state index contributed by atoms with van der Waals surface area (Å²) in [6, 6.07) is 1.03. The van der Waals surface area contributed by atoms with E-state index in [2.05, 4.69) is 0 Å². The number of primary amides is 1. The van der Waals surface area contributed by atoms with Crippen molar-refractivity contribution in [3.05, 3.63) is 24.2 Å². The summed E-state index contributed by atoms with van der Waals surface area (Å²) in [4.78, 5) is 38.3. The van der Waals surface area contributed by atoms with Crippen LogP contribution in [0.5, 0.6) is 0 Å². The Kier molecular flexibility index (Phi) is 4.00. The third-order valence-electron chi connectivity index (χ3n) is 7.45. The number of carbonyl (C=O) groups is 3. The maximum absolute atomic E-state index is 13.2. The van der Waals surface area contributed by atoms with Crippen LogP contribution in [0.3, 0.4) is 0 Å². The summed E-state index contributed by atoms with van der Waals surface area (Å²) in [6.07, 6.45) is 4.54. The van der Waals surface area contributed by atoms with Gasteiger partial charge in [0.2, 0.25) is 5.91 Å². The lowest BCUT2D eigenvalue weighted by Gasteiger charge is -2.61.